The fourth-order valence-corrected chi connectivity index (χ4v) is 3.18. The molecule has 0 spiro atoms. The van der Waals surface area contributed by atoms with Crippen molar-refractivity contribution < 1.29 is 14.7 Å². The summed E-state index contributed by atoms with van der Waals surface area (Å²) in [6.45, 7) is 2.89. The first-order valence-electron chi connectivity index (χ1n) is 7.11. The molecule has 0 aliphatic carbocycles. The summed E-state index contributed by atoms with van der Waals surface area (Å²) in [6, 6.07) is 4.94. The van der Waals surface area contributed by atoms with Crippen LogP contribution in [0.25, 0.3) is 0 Å². The van der Waals surface area contributed by atoms with Gasteiger partial charge in [0.2, 0.25) is 11.8 Å². The number of aliphatic hydroxyl groups excluding tert-OH is 1. The molecular weight excluding hydrogens is 327 g/mol. The minimum absolute atomic E-state index is 0.000891. The van der Waals surface area contributed by atoms with Crippen LogP contribution in [0.4, 0.5) is 0 Å². The first-order chi connectivity index (χ1) is 10.4. The molecule has 1 fully saturated rings. The SMILES string of the molecule is CCN1CC(C(=O)NCC(O)c2c(Cl)cccc2Cl)CC1=O. The number of benzene rings is 1. The van der Waals surface area contributed by atoms with E-state index in [0.29, 0.717) is 28.7 Å². The number of likely N-dealkylation sites (tertiary alicyclic amines) is 1. The standard InChI is InChI=1S/C15H18Cl2N2O3/c1-2-19-8-9(6-13(19)21)15(22)18-7-12(20)14-10(16)4-3-5-11(14)17/h3-5,9,12,20H,2,6-8H2,1H3,(H,18,22). The number of amides is 2. The van der Waals surface area contributed by atoms with Gasteiger partial charge in [-0.25, -0.2) is 0 Å². The predicted molar refractivity (Wildman–Crippen MR) is 84.8 cm³/mol. The lowest BCUT2D eigenvalue weighted by atomic mass is 10.1. The number of nitrogens with one attached hydrogen (secondary N) is 1. The Bertz CT molecular complexity index is 560. The maximum atomic E-state index is 12.1. The van der Waals surface area contributed by atoms with E-state index >= 15 is 0 Å². The third kappa shape index (κ3) is 3.72. The van der Waals surface area contributed by atoms with Gasteiger partial charge in [0.25, 0.3) is 0 Å². The van der Waals surface area contributed by atoms with E-state index in [1.165, 1.54) is 0 Å². The summed E-state index contributed by atoms with van der Waals surface area (Å²) in [5, 5.41) is 13.5. The molecule has 2 N–H and O–H groups in total. The Labute approximate surface area is 139 Å². The van der Waals surface area contributed by atoms with Gasteiger partial charge >= 0.3 is 0 Å². The molecule has 2 rings (SSSR count). The molecule has 1 saturated heterocycles. The van der Waals surface area contributed by atoms with Gasteiger partial charge in [-0.2, -0.15) is 0 Å². The lowest BCUT2D eigenvalue weighted by molar-refractivity contribution is -0.129. The molecule has 0 radical (unpaired) electrons. The van der Waals surface area contributed by atoms with E-state index in [0.717, 1.165) is 0 Å². The molecule has 1 heterocycles. The summed E-state index contributed by atoms with van der Waals surface area (Å²) in [7, 11) is 0. The lowest BCUT2D eigenvalue weighted by Crippen LogP contribution is -2.35. The molecule has 1 aliphatic rings. The van der Waals surface area contributed by atoms with Gasteiger partial charge in [-0.3, -0.25) is 9.59 Å². The molecule has 1 aromatic rings. The van der Waals surface area contributed by atoms with Crippen molar-refractivity contribution in [3.05, 3.63) is 33.8 Å². The molecule has 7 heteroatoms. The van der Waals surface area contributed by atoms with Gasteiger partial charge in [0.1, 0.15) is 0 Å². The van der Waals surface area contributed by atoms with E-state index in [1.54, 1.807) is 23.1 Å². The normalized spacial score (nSPS) is 19.4. The quantitative estimate of drug-likeness (QED) is 0.858. The van der Waals surface area contributed by atoms with E-state index < -0.39 is 6.10 Å². The highest BCUT2D eigenvalue weighted by atomic mass is 35.5. The number of halogens is 2. The van der Waals surface area contributed by atoms with E-state index in [1.807, 2.05) is 6.92 Å². The van der Waals surface area contributed by atoms with E-state index in [9.17, 15) is 14.7 Å². The summed E-state index contributed by atoms with van der Waals surface area (Å²) in [5.41, 5.74) is 0.392. The molecule has 22 heavy (non-hydrogen) atoms. The Morgan fingerprint density at radius 3 is 2.64 bits per heavy atom. The number of nitrogens with zero attached hydrogens (tertiary/aromatic N) is 1. The molecule has 1 aromatic carbocycles. The smallest absolute Gasteiger partial charge is 0.225 e. The van der Waals surface area contributed by atoms with Crippen LogP contribution in [0.1, 0.15) is 25.0 Å². The zero-order valence-electron chi connectivity index (χ0n) is 12.2. The summed E-state index contributed by atoms with van der Waals surface area (Å²) in [5.74, 6) is -0.634. The van der Waals surface area contributed by atoms with Crippen LogP contribution in [0.3, 0.4) is 0 Å². The minimum Gasteiger partial charge on any atom is -0.386 e. The Balaban J connectivity index is 1.93. The maximum absolute atomic E-state index is 12.1. The monoisotopic (exact) mass is 344 g/mol. The summed E-state index contributed by atoms with van der Waals surface area (Å²) < 4.78 is 0. The van der Waals surface area contributed by atoms with Gasteiger partial charge in [0.15, 0.2) is 0 Å². The number of carbonyl (C=O) groups is 2. The molecule has 2 atom stereocenters. The molecule has 0 saturated carbocycles. The summed E-state index contributed by atoms with van der Waals surface area (Å²) in [4.78, 5) is 25.4. The second kappa shape index (κ2) is 7.31. The van der Waals surface area contributed by atoms with Crippen molar-refractivity contribution in [3.8, 4) is 0 Å². The van der Waals surface area contributed by atoms with E-state index in [-0.39, 0.29) is 30.7 Å². The van der Waals surface area contributed by atoms with Gasteiger partial charge in [0, 0.05) is 41.7 Å². The largest absolute Gasteiger partial charge is 0.386 e. The average molecular weight is 345 g/mol. The van der Waals surface area contributed by atoms with Crippen LogP contribution in [0, 0.1) is 5.92 Å². The summed E-state index contributed by atoms with van der Waals surface area (Å²) in [6.07, 6.45) is -0.785. The van der Waals surface area contributed by atoms with Gasteiger partial charge in [-0.1, -0.05) is 29.3 Å². The molecule has 0 bridgehead atoms. The first-order valence-corrected chi connectivity index (χ1v) is 7.87. The Morgan fingerprint density at radius 2 is 2.09 bits per heavy atom. The Hall–Kier alpha value is -1.30. The molecule has 1 aliphatic heterocycles. The van der Waals surface area contributed by atoms with Crippen molar-refractivity contribution in [2.75, 3.05) is 19.6 Å². The van der Waals surface area contributed by atoms with Gasteiger partial charge in [-0.05, 0) is 19.1 Å². The zero-order chi connectivity index (χ0) is 16.3. The van der Waals surface area contributed by atoms with Gasteiger partial charge in [-0.15, -0.1) is 0 Å². The molecule has 120 valence electrons. The van der Waals surface area contributed by atoms with E-state index in [2.05, 4.69) is 5.32 Å². The highest BCUT2D eigenvalue weighted by Gasteiger charge is 2.33. The second-order valence-corrected chi connectivity index (χ2v) is 6.04. The number of carbonyl (C=O) groups excluding carboxylic acids is 2. The fourth-order valence-electron chi connectivity index (χ4n) is 2.53. The van der Waals surface area contributed by atoms with Crippen LogP contribution in [0.2, 0.25) is 10.0 Å². The highest BCUT2D eigenvalue weighted by Crippen LogP contribution is 2.30. The number of hydrogen-bond donors (Lipinski definition) is 2. The van der Waals surface area contributed by atoms with Crippen LogP contribution in [-0.2, 0) is 9.59 Å². The van der Waals surface area contributed by atoms with Crippen LogP contribution >= 0.6 is 23.2 Å². The van der Waals surface area contributed by atoms with E-state index in [4.69, 9.17) is 23.2 Å². The Kier molecular flexibility index (Phi) is 5.67. The van der Waals surface area contributed by atoms with Gasteiger partial charge in [0.05, 0.1) is 12.0 Å². The van der Waals surface area contributed by atoms with Crippen molar-refractivity contribution in [3.63, 3.8) is 0 Å². The number of rotatable bonds is 5. The predicted octanol–water partition coefficient (Wildman–Crippen LogP) is 2.01. The second-order valence-electron chi connectivity index (χ2n) is 5.23. The average Bonchev–Trinajstić information content (AvgIpc) is 2.85. The molecule has 5 nitrogen and oxygen atoms in total. The van der Waals surface area contributed by atoms with Crippen LogP contribution in [-0.4, -0.2) is 41.5 Å². The van der Waals surface area contributed by atoms with Crippen molar-refractivity contribution in [1.82, 2.24) is 10.2 Å². The third-order valence-corrected chi connectivity index (χ3v) is 4.43. The van der Waals surface area contributed by atoms with Crippen LogP contribution < -0.4 is 5.32 Å². The molecule has 0 aromatic heterocycles. The van der Waals surface area contributed by atoms with Crippen molar-refractivity contribution in [1.29, 1.82) is 0 Å². The first kappa shape index (κ1) is 17.1. The molecule has 2 amide bonds. The number of hydrogen-bond acceptors (Lipinski definition) is 3. The van der Waals surface area contributed by atoms with Crippen LogP contribution in [0.5, 0.6) is 0 Å². The summed E-state index contributed by atoms with van der Waals surface area (Å²) >= 11 is 12.0. The maximum Gasteiger partial charge on any atom is 0.225 e. The topological polar surface area (TPSA) is 69.6 Å². The minimum atomic E-state index is -0.996. The number of aliphatic hydroxyl groups is 1. The lowest BCUT2D eigenvalue weighted by Gasteiger charge is -2.17. The van der Waals surface area contributed by atoms with Crippen molar-refractivity contribution in [2.24, 2.45) is 5.92 Å². The Morgan fingerprint density at radius 1 is 1.45 bits per heavy atom. The highest BCUT2D eigenvalue weighted by molar-refractivity contribution is 6.36. The van der Waals surface area contributed by atoms with Crippen molar-refractivity contribution >= 4 is 35.0 Å². The third-order valence-electron chi connectivity index (χ3n) is 3.77. The fraction of sp³-hybridized carbons (Fsp3) is 0.467. The van der Waals surface area contributed by atoms with Crippen LogP contribution in [0.15, 0.2) is 18.2 Å². The molecular formula is C15H18Cl2N2O3. The zero-order valence-corrected chi connectivity index (χ0v) is 13.7. The molecule has 2 unspecified atom stereocenters. The van der Waals surface area contributed by atoms with Crippen molar-refractivity contribution in [2.45, 2.75) is 19.4 Å². The van der Waals surface area contributed by atoms with Gasteiger partial charge < -0.3 is 15.3 Å².